The van der Waals surface area contributed by atoms with Gasteiger partial charge in [-0.05, 0) is 18.6 Å². The Morgan fingerprint density at radius 2 is 2.21 bits per heavy atom. The molecule has 1 aromatic heterocycles. The highest BCUT2D eigenvalue weighted by molar-refractivity contribution is 6.07. The van der Waals surface area contributed by atoms with Gasteiger partial charge in [0.05, 0.1) is 5.71 Å². The van der Waals surface area contributed by atoms with Gasteiger partial charge in [-0.25, -0.2) is 9.18 Å². The highest BCUT2D eigenvalue weighted by Crippen LogP contribution is 2.22. The van der Waals surface area contributed by atoms with E-state index in [0.29, 0.717) is 24.2 Å². The molecule has 9 nitrogen and oxygen atoms in total. The largest absolute Gasteiger partial charge is 0.383 e. The summed E-state index contributed by atoms with van der Waals surface area (Å²) in [5.74, 6) is -1.07. The summed E-state index contributed by atoms with van der Waals surface area (Å²) in [7, 11) is 1.38. The molecule has 0 aliphatic carbocycles. The fourth-order valence-corrected chi connectivity index (χ4v) is 3.11. The van der Waals surface area contributed by atoms with Gasteiger partial charge in [-0.15, -0.1) is 0 Å². The van der Waals surface area contributed by atoms with Crippen LogP contribution in [0, 0.1) is 5.82 Å². The molecule has 2 aromatic rings. The summed E-state index contributed by atoms with van der Waals surface area (Å²) in [4.78, 5) is 45.7. The average molecular weight is 403 g/mol. The molecule has 1 aromatic carbocycles. The van der Waals surface area contributed by atoms with E-state index in [2.05, 4.69) is 10.1 Å². The molecule has 1 aliphatic heterocycles. The minimum absolute atomic E-state index is 0.0904. The molecule has 3 rings (SSSR count). The van der Waals surface area contributed by atoms with Crippen LogP contribution in [-0.4, -0.2) is 34.3 Å². The van der Waals surface area contributed by atoms with Crippen LogP contribution in [-0.2, 0) is 16.2 Å². The van der Waals surface area contributed by atoms with Gasteiger partial charge in [0, 0.05) is 25.6 Å². The number of aromatic amines is 1. The molecular formula is C19H22FN5O4. The van der Waals surface area contributed by atoms with E-state index in [4.69, 9.17) is 10.6 Å². The Bertz CT molecular complexity index is 1070. The van der Waals surface area contributed by atoms with Gasteiger partial charge in [0.15, 0.2) is 5.69 Å². The van der Waals surface area contributed by atoms with E-state index in [0.717, 1.165) is 11.3 Å². The Labute approximate surface area is 165 Å². The third kappa shape index (κ3) is 4.05. The zero-order valence-corrected chi connectivity index (χ0v) is 16.1. The van der Waals surface area contributed by atoms with Crippen LogP contribution in [0.2, 0.25) is 0 Å². The number of nitrogens with two attached hydrogens (primary N) is 1. The van der Waals surface area contributed by atoms with Crippen molar-refractivity contribution in [2.75, 3.05) is 17.7 Å². The Morgan fingerprint density at radius 1 is 1.45 bits per heavy atom. The fourth-order valence-electron chi connectivity index (χ4n) is 3.11. The van der Waals surface area contributed by atoms with Gasteiger partial charge in [-0.3, -0.25) is 19.1 Å². The van der Waals surface area contributed by atoms with Gasteiger partial charge in [0.2, 0.25) is 6.10 Å². The zero-order valence-electron chi connectivity index (χ0n) is 16.1. The van der Waals surface area contributed by atoms with Crippen LogP contribution in [0.15, 0.2) is 39.0 Å². The molecule has 2 heterocycles. The first kappa shape index (κ1) is 20.3. The molecule has 1 amide bonds. The molecule has 29 heavy (non-hydrogen) atoms. The van der Waals surface area contributed by atoms with Crippen LogP contribution in [0.3, 0.4) is 0 Å². The van der Waals surface area contributed by atoms with Crippen molar-refractivity contribution in [3.8, 4) is 0 Å². The highest BCUT2D eigenvalue weighted by atomic mass is 19.1. The molecule has 1 aliphatic rings. The number of rotatable bonds is 6. The first-order chi connectivity index (χ1) is 13.8. The number of halogens is 1. The third-order valence-electron chi connectivity index (χ3n) is 4.72. The number of unbranched alkanes of at least 4 members (excludes halogenated alkanes) is 1. The Balaban J connectivity index is 1.83. The number of benzene rings is 1. The second kappa shape index (κ2) is 8.29. The van der Waals surface area contributed by atoms with E-state index in [1.165, 1.54) is 29.8 Å². The van der Waals surface area contributed by atoms with Crippen LogP contribution in [0.4, 0.5) is 15.9 Å². The van der Waals surface area contributed by atoms with Crippen LogP contribution < -0.4 is 21.9 Å². The lowest BCUT2D eigenvalue weighted by molar-refractivity contribution is -0.128. The maximum atomic E-state index is 13.4. The first-order valence-corrected chi connectivity index (χ1v) is 9.22. The van der Waals surface area contributed by atoms with Gasteiger partial charge in [-0.1, -0.05) is 30.6 Å². The number of hydrogen-bond acceptors (Lipinski definition) is 6. The summed E-state index contributed by atoms with van der Waals surface area (Å²) < 4.78 is 14.7. The second-order valence-electron chi connectivity index (χ2n) is 6.74. The summed E-state index contributed by atoms with van der Waals surface area (Å²) >= 11 is 0. The van der Waals surface area contributed by atoms with E-state index in [1.54, 1.807) is 6.07 Å². The summed E-state index contributed by atoms with van der Waals surface area (Å²) in [6.07, 6.45) is 0.627. The van der Waals surface area contributed by atoms with Gasteiger partial charge in [-0.2, -0.15) is 0 Å². The number of carbonyl (C=O) groups excluding carboxylic acids is 1. The van der Waals surface area contributed by atoms with E-state index in [9.17, 15) is 18.8 Å². The average Bonchev–Trinajstić information content (AvgIpc) is 3.17. The minimum atomic E-state index is -0.993. The predicted molar refractivity (Wildman–Crippen MR) is 106 cm³/mol. The van der Waals surface area contributed by atoms with Gasteiger partial charge < -0.3 is 15.5 Å². The van der Waals surface area contributed by atoms with E-state index in [1.807, 2.05) is 6.92 Å². The highest BCUT2D eigenvalue weighted by Gasteiger charge is 2.33. The number of nitrogens with zero attached hydrogens (tertiary/aromatic N) is 3. The Hall–Kier alpha value is -3.43. The van der Waals surface area contributed by atoms with Crippen LogP contribution >= 0.6 is 0 Å². The number of oxime groups is 1. The molecular weight excluding hydrogens is 381 g/mol. The van der Waals surface area contributed by atoms with Gasteiger partial charge in [0.1, 0.15) is 11.6 Å². The SMILES string of the molecule is CCCCn1c(N)c(N(C)C(=O)C2CC(c3cccc(F)c3)=NO2)c(=O)[nH]c1=O. The quantitative estimate of drug-likeness (QED) is 0.751. The molecule has 0 saturated carbocycles. The maximum Gasteiger partial charge on any atom is 0.330 e. The number of likely N-dealkylation sites (N-methyl/N-ethyl adjacent to an activating group) is 1. The topological polar surface area (TPSA) is 123 Å². The Kier molecular flexibility index (Phi) is 5.81. The van der Waals surface area contributed by atoms with Crippen molar-refractivity contribution in [3.05, 3.63) is 56.5 Å². The van der Waals surface area contributed by atoms with Crippen molar-refractivity contribution in [2.45, 2.75) is 38.8 Å². The van der Waals surface area contributed by atoms with E-state index < -0.39 is 29.1 Å². The van der Waals surface area contributed by atoms with Crippen molar-refractivity contribution in [2.24, 2.45) is 5.16 Å². The van der Waals surface area contributed by atoms with Crippen molar-refractivity contribution in [1.29, 1.82) is 0 Å². The minimum Gasteiger partial charge on any atom is -0.383 e. The molecule has 154 valence electrons. The number of anilines is 2. The number of nitrogen functional groups attached to an aromatic ring is 1. The van der Waals surface area contributed by atoms with Crippen molar-refractivity contribution >= 4 is 23.1 Å². The van der Waals surface area contributed by atoms with Crippen LogP contribution in [0.1, 0.15) is 31.7 Å². The molecule has 0 fully saturated rings. The van der Waals surface area contributed by atoms with Crippen molar-refractivity contribution in [3.63, 3.8) is 0 Å². The zero-order chi connectivity index (χ0) is 21.1. The second-order valence-corrected chi connectivity index (χ2v) is 6.74. The molecule has 0 bridgehead atoms. The summed E-state index contributed by atoms with van der Waals surface area (Å²) in [6.45, 7) is 2.27. The smallest absolute Gasteiger partial charge is 0.330 e. The maximum absolute atomic E-state index is 13.4. The van der Waals surface area contributed by atoms with Crippen LogP contribution in [0.5, 0.6) is 0 Å². The summed E-state index contributed by atoms with van der Waals surface area (Å²) in [5, 5.41) is 3.87. The van der Waals surface area contributed by atoms with E-state index >= 15 is 0 Å². The number of amides is 1. The molecule has 3 N–H and O–H groups in total. The molecule has 1 atom stereocenters. The van der Waals surface area contributed by atoms with Crippen molar-refractivity contribution < 1.29 is 14.0 Å². The molecule has 10 heteroatoms. The third-order valence-corrected chi connectivity index (χ3v) is 4.72. The standard InChI is InChI=1S/C19H22FN5O4/c1-3-4-8-25-16(21)15(17(26)22-19(25)28)24(2)18(27)14-10-13(23-29-14)11-6-5-7-12(20)9-11/h5-7,9,14H,3-4,8,10,21H2,1-2H3,(H,22,26,28). The summed E-state index contributed by atoms with van der Waals surface area (Å²) in [5.41, 5.74) is 5.45. The lowest BCUT2D eigenvalue weighted by Gasteiger charge is -2.22. The lowest BCUT2D eigenvalue weighted by Crippen LogP contribution is -2.43. The van der Waals surface area contributed by atoms with Crippen molar-refractivity contribution in [1.82, 2.24) is 9.55 Å². The summed E-state index contributed by atoms with van der Waals surface area (Å²) in [6, 6.07) is 5.80. The Morgan fingerprint density at radius 3 is 2.90 bits per heavy atom. The van der Waals surface area contributed by atoms with E-state index in [-0.39, 0.29) is 17.9 Å². The normalized spacial score (nSPS) is 15.7. The monoisotopic (exact) mass is 403 g/mol. The molecule has 0 saturated heterocycles. The molecule has 0 spiro atoms. The molecule has 1 unspecified atom stereocenters. The number of aromatic nitrogens is 2. The first-order valence-electron chi connectivity index (χ1n) is 9.22. The number of carbonyl (C=O) groups is 1. The molecule has 0 radical (unpaired) electrons. The lowest BCUT2D eigenvalue weighted by atomic mass is 10.0. The number of nitrogens with one attached hydrogen (secondary N) is 1. The fraction of sp³-hybridized carbons (Fsp3) is 0.368. The van der Waals surface area contributed by atoms with Gasteiger partial charge in [0.25, 0.3) is 11.5 Å². The number of hydrogen-bond donors (Lipinski definition) is 2. The van der Waals surface area contributed by atoms with Gasteiger partial charge >= 0.3 is 5.69 Å². The van der Waals surface area contributed by atoms with Crippen LogP contribution in [0.25, 0.3) is 0 Å². The predicted octanol–water partition coefficient (Wildman–Crippen LogP) is 1.21. The number of H-pyrrole nitrogens is 1.